The van der Waals surface area contributed by atoms with Gasteiger partial charge in [0.2, 0.25) is 11.8 Å². The fraction of sp³-hybridized carbons (Fsp3) is 0.467. The number of benzene rings is 1. The van der Waals surface area contributed by atoms with Gasteiger partial charge in [-0.05, 0) is 78.0 Å². The molecule has 1 heterocycles. The predicted octanol–water partition coefficient (Wildman–Crippen LogP) is 2.83. The third-order valence-corrected chi connectivity index (χ3v) is 5.73. The monoisotopic (exact) mass is 367 g/mol. The van der Waals surface area contributed by atoms with Crippen molar-refractivity contribution >= 4 is 40.1 Å². The number of fused-ring (bicyclic) bond motifs is 5. The first-order valence-corrected chi connectivity index (χ1v) is 7.88. The van der Waals surface area contributed by atoms with Crippen LogP contribution in [0, 0.1) is 27.2 Å². The number of imide groups is 1. The lowest BCUT2D eigenvalue weighted by Crippen LogP contribution is -2.32. The summed E-state index contributed by atoms with van der Waals surface area (Å²) in [7, 11) is 0. The summed E-state index contributed by atoms with van der Waals surface area (Å²) in [6, 6.07) is 7.64. The lowest BCUT2D eigenvalue weighted by Gasteiger charge is -2.19. The Balaban J connectivity index is 1.73. The van der Waals surface area contributed by atoms with E-state index in [1.54, 1.807) is 0 Å². The summed E-state index contributed by atoms with van der Waals surface area (Å²) < 4.78 is 1.11. The van der Waals surface area contributed by atoms with Crippen LogP contribution in [0.15, 0.2) is 24.3 Å². The van der Waals surface area contributed by atoms with Gasteiger partial charge >= 0.3 is 0 Å². The molecule has 4 heteroatoms. The molecule has 1 aromatic rings. The van der Waals surface area contributed by atoms with Gasteiger partial charge < -0.3 is 0 Å². The summed E-state index contributed by atoms with van der Waals surface area (Å²) in [5, 5.41) is 0. The second kappa shape index (κ2) is 4.04. The number of amides is 2. The second-order valence-corrected chi connectivity index (χ2v) is 7.12. The molecular weight excluding hydrogens is 353 g/mol. The van der Waals surface area contributed by atoms with E-state index in [2.05, 4.69) is 22.6 Å². The van der Waals surface area contributed by atoms with E-state index in [1.165, 1.54) is 4.90 Å². The van der Waals surface area contributed by atoms with Crippen LogP contribution in [-0.4, -0.2) is 11.8 Å². The van der Waals surface area contributed by atoms with Crippen LogP contribution < -0.4 is 4.90 Å². The summed E-state index contributed by atoms with van der Waals surface area (Å²) in [6.07, 6.45) is 3.35. The molecule has 3 fully saturated rings. The third kappa shape index (κ3) is 1.55. The Morgan fingerprint density at radius 2 is 1.47 bits per heavy atom. The number of carbonyl (C=O) groups is 2. The highest BCUT2D eigenvalue weighted by Crippen LogP contribution is 2.56. The van der Waals surface area contributed by atoms with E-state index in [0.29, 0.717) is 11.8 Å². The van der Waals surface area contributed by atoms with Crippen molar-refractivity contribution in [1.29, 1.82) is 0 Å². The summed E-state index contributed by atoms with van der Waals surface area (Å²) in [5.74, 6) is 0.962. The molecule has 2 aliphatic carbocycles. The molecule has 19 heavy (non-hydrogen) atoms. The van der Waals surface area contributed by atoms with E-state index < -0.39 is 0 Å². The van der Waals surface area contributed by atoms with Crippen molar-refractivity contribution < 1.29 is 9.59 Å². The van der Waals surface area contributed by atoms with Gasteiger partial charge in [-0.25, -0.2) is 0 Å². The molecule has 1 aliphatic heterocycles. The average molecular weight is 367 g/mol. The van der Waals surface area contributed by atoms with Gasteiger partial charge in [0, 0.05) is 3.57 Å². The molecule has 0 spiro atoms. The fourth-order valence-corrected chi connectivity index (χ4v) is 4.61. The van der Waals surface area contributed by atoms with Crippen LogP contribution in [0.1, 0.15) is 19.3 Å². The number of rotatable bonds is 1. The van der Waals surface area contributed by atoms with Gasteiger partial charge in [0.1, 0.15) is 0 Å². The molecule has 2 bridgehead atoms. The highest BCUT2D eigenvalue weighted by atomic mass is 127. The Hall–Kier alpha value is -0.910. The molecule has 2 amide bonds. The summed E-state index contributed by atoms with van der Waals surface area (Å²) in [5.41, 5.74) is 0.740. The maximum Gasteiger partial charge on any atom is 0.237 e. The van der Waals surface area contributed by atoms with Crippen LogP contribution in [0.3, 0.4) is 0 Å². The molecule has 1 aromatic carbocycles. The van der Waals surface area contributed by atoms with Crippen molar-refractivity contribution in [2.75, 3.05) is 4.90 Å². The van der Waals surface area contributed by atoms with Crippen molar-refractivity contribution in [3.63, 3.8) is 0 Å². The maximum atomic E-state index is 12.6. The average Bonchev–Trinajstić information content (AvgIpc) is 3.06. The number of carbonyl (C=O) groups excluding carboxylic acids is 2. The van der Waals surface area contributed by atoms with E-state index in [-0.39, 0.29) is 23.7 Å². The molecule has 1 saturated heterocycles. The second-order valence-electron chi connectivity index (χ2n) is 5.87. The topological polar surface area (TPSA) is 37.4 Å². The Morgan fingerprint density at radius 1 is 0.947 bits per heavy atom. The molecular formula is C15H14INO2. The molecule has 4 atom stereocenters. The van der Waals surface area contributed by atoms with Crippen molar-refractivity contribution in [1.82, 2.24) is 0 Å². The smallest absolute Gasteiger partial charge is 0.237 e. The van der Waals surface area contributed by atoms with E-state index in [1.807, 2.05) is 24.3 Å². The molecule has 0 unspecified atom stereocenters. The maximum absolute atomic E-state index is 12.6. The number of hydrogen-bond acceptors (Lipinski definition) is 2. The van der Waals surface area contributed by atoms with E-state index >= 15 is 0 Å². The molecule has 4 rings (SSSR count). The number of anilines is 1. The highest BCUT2D eigenvalue weighted by Gasteiger charge is 2.61. The van der Waals surface area contributed by atoms with E-state index in [4.69, 9.17) is 0 Å². The normalized spacial score (nSPS) is 36.2. The molecule has 3 aliphatic rings. The summed E-state index contributed by atoms with van der Waals surface area (Å²) >= 11 is 2.23. The third-order valence-electron chi connectivity index (χ3n) is 5.01. The van der Waals surface area contributed by atoms with Crippen LogP contribution in [0.5, 0.6) is 0 Å². The first kappa shape index (κ1) is 11.9. The Labute approximate surface area is 125 Å². The fourth-order valence-electron chi connectivity index (χ4n) is 4.25. The van der Waals surface area contributed by atoms with E-state index in [0.717, 1.165) is 28.5 Å². The summed E-state index contributed by atoms with van der Waals surface area (Å²) in [4.78, 5) is 26.6. The zero-order valence-corrected chi connectivity index (χ0v) is 12.5. The summed E-state index contributed by atoms with van der Waals surface area (Å²) in [6.45, 7) is 0. The van der Waals surface area contributed by atoms with Gasteiger partial charge in [0.05, 0.1) is 17.5 Å². The van der Waals surface area contributed by atoms with Crippen molar-refractivity contribution in [2.24, 2.45) is 23.7 Å². The molecule has 0 N–H and O–H groups in total. The van der Waals surface area contributed by atoms with Crippen LogP contribution in [0.25, 0.3) is 0 Å². The minimum Gasteiger partial charge on any atom is -0.274 e. The van der Waals surface area contributed by atoms with Crippen molar-refractivity contribution in [2.45, 2.75) is 19.3 Å². The van der Waals surface area contributed by atoms with Crippen molar-refractivity contribution in [3.8, 4) is 0 Å². The Bertz CT molecular complexity index is 540. The van der Waals surface area contributed by atoms with Gasteiger partial charge in [-0.3, -0.25) is 14.5 Å². The van der Waals surface area contributed by atoms with Gasteiger partial charge in [0.25, 0.3) is 0 Å². The van der Waals surface area contributed by atoms with Gasteiger partial charge in [-0.15, -0.1) is 0 Å². The first-order chi connectivity index (χ1) is 9.16. The SMILES string of the molecule is O=C1[C@H]2[C@@H]3CC[C@@H](C3)[C@@H]2C(=O)N1c1ccc(I)cc1. The van der Waals surface area contributed by atoms with Gasteiger partial charge in [-0.2, -0.15) is 0 Å². The lowest BCUT2D eigenvalue weighted by molar-refractivity contribution is -0.123. The standard InChI is InChI=1S/C15H14INO2/c16-10-3-5-11(6-4-10)17-14(18)12-8-1-2-9(7-8)13(12)15(17)19/h3-6,8-9,12-13H,1-2,7H2/t8-,9+,12-,13-/m0/s1. The highest BCUT2D eigenvalue weighted by molar-refractivity contribution is 14.1. The first-order valence-electron chi connectivity index (χ1n) is 6.80. The zero-order chi connectivity index (χ0) is 13.1. The van der Waals surface area contributed by atoms with Crippen LogP contribution >= 0.6 is 22.6 Å². The zero-order valence-electron chi connectivity index (χ0n) is 10.4. The Kier molecular flexibility index (Phi) is 2.53. The largest absolute Gasteiger partial charge is 0.274 e. The molecule has 3 nitrogen and oxygen atoms in total. The number of halogens is 1. The predicted molar refractivity (Wildman–Crippen MR) is 79.5 cm³/mol. The molecule has 2 saturated carbocycles. The lowest BCUT2D eigenvalue weighted by atomic mass is 9.81. The molecule has 98 valence electrons. The van der Waals surface area contributed by atoms with Crippen LogP contribution in [0.2, 0.25) is 0 Å². The molecule has 0 radical (unpaired) electrons. The minimum absolute atomic E-state index is 0.0227. The van der Waals surface area contributed by atoms with Crippen LogP contribution in [0.4, 0.5) is 5.69 Å². The quantitative estimate of drug-likeness (QED) is 0.566. The van der Waals surface area contributed by atoms with Crippen LogP contribution in [-0.2, 0) is 9.59 Å². The minimum atomic E-state index is -0.0227. The van der Waals surface area contributed by atoms with Crippen molar-refractivity contribution in [3.05, 3.63) is 27.8 Å². The van der Waals surface area contributed by atoms with E-state index in [9.17, 15) is 9.59 Å². The number of hydrogen-bond donors (Lipinski definition) is 0. The van der Waals surface area contributed by atoms with Gasteiger partial charge in [-0.1, -0.05) is 0 Å². The number of nitrogens with zero attached hydrogens (tertiary/aromatic N) is 1. The Morgan fingerprint density at radius 3 is 2.00 bits per heavy atom. The van der Waals surface area contributed by atoms with Gasteiger partial charge in [0.15, 0.2) is 0 Å². The molecule has 0 aromatic heterocycles.